The molecule has 1 aromatic carbocycles. The molecule has 0 fully saturated rings. The predicted octanol–water partition coefficient (Wildman–Crippen LogP) is 3.01. The molecule has 3 nitrogen and oxygen atoms in total. The Morgan fingerprint density at radius 1 is 1.40 bits per heavy atom. The van der Waals surface area contributed by atoms with Crippen molar-refractivity contribution in [3.8, 4) is 11.8 Å². The van der Waals surface area contributed by atoms with Crippen LogP contribution in [0, 0.1) is 24.6 Å². The normalized spacial score (nSPS) is 10.2. The van der Waals surface area contributed by atoms with E-state index >= 15 is 0 Å². The summed E-state index contributed by atoms with van der Waals surface area (Å²) >= 11 is 2.97. The monoisotopic (exact) mass is 308 g/mol. The van der Waals surface area contributed by atoms with Gasteiger partial charge in [-0.3, -0.25) is 0 Å². The fraction of sp³-hybridized carbons (Fsp3) is 0.286. The molecule has 0 saturated heterocycles. The molecule has 0 saturated carbocycles. The molecule has 20 heavy (non-hydrogen) atoms. The fourth-order valence-corrected chi connectivity index (χ4v) is 3.24. The molecule has 0 radical (unpaired) electrons. The molecule has 1 aromatic heterocycles. The Balaban J connectivity index is 2.01. The third-order valence-electron chi connectivity index (χ3n) is 2.38. The zero-order valence-electron chi connectivity index (χ0n) is 10.9. The summed E-state index contributed by atoms with van der Waals surface area (Å²) in [5, 5.41) is 17.5. The minimum atomic E-state index is -0.269. The van der Waals surface area contributed by atoms with Crippen LogP contribution in [0.5, 0.6) is 0 Å². The van der Waals surface area contributed by atoms with Gasteiger partial charge in [0.05, 0.1) is 6.61 Å². The van der Waals surface area contributed by atoms with Crippen LogP contribution in [-0.4, -0.2) is 21.9 Å². The Kier molecular flexibility index (Phi) is 5.53. The number of hydrogen-bond acceptors (Lipinski definition) is 5. The molecule has 0 bridgehead atoms. The number of nitrogens with zero attached hydrogens (tertiary/aromatic N) is 2. The van der Waals surface area contributed by atoms with Crippen molar-refractivity contribution in [3.63, 3.8) is 0 Å². The van der Waals surface area contributed by atoms with Gasteiger partial charge in [-0.05, 0) is 24.6 Å². The SMILES string of the molecule is Cc1nnc(SCc2ccc(C#CCCO)cc2F)s1. The molecule has 0 aliphatic carbocycles. The molecule has 0 unspecified atom stereocenters. The van der Waals surface area contributed by atoms with Gasteiger partial charge in [-0.25, -0.2) is 4.39 Å². The van der Waals surface area contributed by atoms with Crippen molar-refractivity contribution in [1.29, 1.82) is 0 Å². The van der Waals surface area contributed by atoms with Crippen molar-refractivity contribution in [2.24, 2.45) is 0 Å². The molecule has 0 aliphatic rings. The van der Waals surface area contributed by atoms with Gasteiger partial charge in [0, 0.05) is 17.7 Å². The van der Waals surface area contributed by atoms with E-state index in [2.05, 4.69) is 22.0 Å². The molecule has 6 heteroatoms. The zero-order valence-corrected chi connectivity index (χ0v) is 12.5. The summed E-state index contributed by atoms with van der Waals surface area (Å²) in [7, 11) is 0. The van der Waals surface area contributed by atoms with Gasteiger partial charge >= 0.3 is 0 Å². The summed E-state index contributed by atoms with van der Waals surface area (Å²) in [6.45, 7) is 1.91. The van der Waals surface area contributed by atoms with Crippen LogP contribution in [-0.2, 0) is 5.75 Å². The summed E-state index contributed by atoms with van der Waals surface area (Å²) in [6.07, 6.45) is 0.398. The number of aryl methyl sites for hydroxylation is 1. The number of thioether (sulfide) groups is 1. The topological polar surface area (TPSA) is 46.0 Å². The first-order chi connectivity index (χ1) is 9.69. The first-order valence-corrected chi connectivity index (χ1v) is 7.80. The zero-order chi connectivity index (χ0) is 14.4. The standard InChI is InChI=1S/C14H13FN2OS2/c1-10-16-17-14(20-10)19-9-12-6-5-11(8-13(12)15)4-2-3-7-18/h5-6,8,18H,3,7,9H2,1H3. The highest BCUT2D eigenvalue weighted by Crippen LogP contribution is 2.26. The second-order valence-electron chi connectivity index (χ2n) is 3.96. The maximum absolute atomic E-state index is 13.9. The van der Waals surface area contributed by atoms with Gasteiger partial charge in [-0.1, -0.05) is 41.0 Å². The van der Waals surface area contributed by atoms with Crippen molar-refractivity contribution in [3.05, 3.63) is 40.2 Å². The molecule has 2 aromatic rings. The highest BCUT2D eigenvalue weighted by atomic mass is 32.2. The average Bonchev–Trinajstić information content (AvgIpc) is 2.84. The number of halogens is 1. The highest BCUT2D eigenvalue weighted by molar-refractivity contribution is 8.00. The molecule has 0 atom stereocenters. The molecule has 2 rings (SSSR count). The second-order valence-corrected chi connectivity index (χ2v) is 6.36. The molecule has 1 heterocycles. The molecular formula is C14H13FN2OS2. The molecule has 104 valence electrons. The molecule has 1 N–H and O–H groups in total. The summed E-state index contributed by atoms with van der Waals surface area (Å²) < 4.78 is 14.7. The van der Waals surface area contributed by atoms with Gasteiger partial charge in [-0.2, -0.15) is 0 Å². The van der Waals surface area contributed by atoms with Gasteiger partial charge < -0.3 is 5.11 Å². The third-order valence-corrected chi connectivity index (χ3v) is 4.40. The van der Waals surface area contributed by atoms with Gasteiger partial charge in [-0.15, -0.1) is 10.2 Å². The maximum Gasteiger partial charge on any atom is 0.174 e. The van der Waals surface area contributed by atoms with Crippen LogP contribution >= 0.6 is 23.1 Å². The number of aliphatic hydroxyl groups excluding tert-OH is 1. The van der Waals surface area contributed by atoms with Crippen LogP contribution in [0.4, 0.5) is 4.39 Å². The molecular weight excluding hydrogens is 295 g/mol. The van der Waals surface area contributed by atoms with Gasteiger partial charge in [0.25, 0.3) is 0 Å². The Morgan fingerprint density at radius 2 is 2.25 bits per heavy atom. The third kappa shape index (κ3) is 4.30. The number of hydrogen-bond donors (Lipinski definition) is 1. The van der Waals surface area contributed by atoms with E-state index < -0.39 is 0 Å². The van der Waals surface area contributed by atoms with Crippen LogP contribution in [0.3, 0.4) is 0 Å². The van der Waals surface area contributed by atoms with Crippen LogP contribution in [0.25, 0.3) is 0 Å². The van der Waals surface area contributed by atoms with Crippen molar-refractivity contribution >= 4 is 23.1 Å². The summed E-state index contributed by atoms with van der Waals surface area (Å²) in [6, 6.07) is 4.94. The van der Waals surface area contributed by atoms with Crippen molar-refractivity contribution in [1.82, 2.24) is 10.2 Å². The lowest BCUT2D eigenvalue weighted by Gasteiger charge is -2.01. The lowest BCUT2D eigenvalue weighted by atomic mass is 10.1. The summed E-state index contributed by atoms with van der Waals surface area (Å²) in [5.41, 5.74) is 1.24. The second kappa shape index (κ2) is 7.39. The molecule has 0 spiro atoms. The van der Waals surface area contributed by atoms with E-state index in [0.29, 0.717) is 23.3 Å². The lowest BCUT2D eigenvalue weighted by Crippen LogP contribution is -1.89. The Hall–Kier alpha value is -1.42. The average molecular weight is 308 g/mol. The smallest absolute Gasteiger partial charge is 0.174 e. The van der Waals surface area contributed by atoms with Gasteiger partial charge in [0.1, 0.15) is 10.8 Å². The number of aliphatic hydroxyl groups is 1. The van der Waals surface area contributed by atoms with Gasteiger partial charge in [0.2, 0.25) is 0 Å². The Morgan fingerprint density at radius 3 is 2.90 bits per heavy atom. The minimum Gasteiger partial charge on any atom is -0.395 e. The Labute approximate surface area is 125 Å². The van der Waals surface area contributed by atoms with E-state index in [1.807, 2.05) is 6.92 Å². The van der Waals surface area contributed by atoms with Crippen LogP contribution in [0.15, 0.2) is 22.5 Å². The number of aromatic nitrogens is 2. The van der Waals surface area contributed by atoms with E-state index in [1.54, 1.807) is 12.1 Å². The van der Waals surface area contributed by atoms with Crippen molar-refractivity contribution < 1.29 is 9.50 Å². The predicted molar refractivity (Wildman–Crippen MR) is 79.2 cm³/mol. The van der Waals surface area contributed by atoms with E-state index in [1.165, 1.54) is 29.2 Å². The first kappa shape index (κ1) is 15.0. The summed E-state index contributed by atoms with van der Waals surface area (Å²) in [4.78, 5) is 0. The fourth-order valence-electron chi connectivity index (χ4n) is 1.44. The minimum absolute atomic E-state index is 0.0193. The molecule has 0 amide bonds. The van der Waals surface area contributed by atoms with E-state index in [-0.39, 0.29) is 12.4 Å². The van der Waals surface area contributed by atoms with E-state index in [4.69, 9.17) is 5.11 Å². The molecule has 0 aliphatic heterocycles. The van der Waals surface area contributed by atoms with Gasteiger partial charge in [0.15, 0.2) is 4.34 Å². The quantitative estimate of drug-likeness (QED) is 0.696. The maximum atomic E-state index is 13.9. The van der Waals surface area contributed by atoms with Crippen LogP contribution in [0.1, 0.15) is 22.6 Å². The van der Waals surface area contributed by atoms with E-state index in [0.717, 1.165) is 9.35 Å². The first-order valence-electron chi connectivity index (χ1n) is 6.00. The highest BCUT2D eigenvalue weighted by Gasteiger charge is 2.06. The Bertz CT molecular complexity index is 646. The number of rotatable bonds is 4. The van der Waals surface area contributed by atoms with Crippen molar-refractivity contribution in [2.75, 3.05) is 6.61 Å². The van der Waals surface area contributed by atoms with Crippen LogP contribution < -0.4 is 0 Å². The van der Waals surface area contributed by atoms with Crippen LogP contribution in [0.2, 0.25) is 0 Å². The number of benzene rings is 1. The van der Waals surface area contributed by atoms with Crippen molar-refractivity contribution in [2.45, 2.75) is 23.4 Å². The van der Waals surface area contributed by atoms with E-state index in [9.17, 15) is 4.39 Å². The lowest BCUT2D eigenvalue weighted by molar-refractivity contribution is 0.305. The summed E-state index contributed by atoms with van der Waals surface area (Å²) in [5.74, 6) is 5.83. The largest absolute Gasteiger partial charge is 0.395 e.